The molecule has 0 aliphatic carbocycles. The summed E-state index contributed by atoms with van der Waals surface area (Å²) < 4.78 is 0. The van der Waals surface area contributed by atoms with Crippen LogP contribution in [0, 0.1) is 0 Å². The van der Waals surface area contributed by atoms with E-state index in [-0.39, 0.29) is 13.5 Å². The van der Waals surface area contributed by atoms with Crippen molar-refractivity contribution in [1.29, 1.82) is 0 Å². The fourth-order valence-corrected chi connectivity index (χ4v) is 2.60. The van der Waals surface area contributed by atoms with Gasteiger partial charge in [0.2, 0.25) is 0 Å². The van der Waals surface area contributed by atoms with Crippen molar-refractivity contribution in [3.8, 4) is 0 Å². The van der Waals surface area contributed by atoms with Gasteiger partial charge in [-0.05, 0) is 52.7 Å². The average Bonchev–Trinajstić information content (AvgIpc) is 2.57. The number of rotatable bonds is 5. The van der Waals surface area contributed by atoms with Gasteiger partial charge in [-0.3, -0.25) is 0 Å². The highest BCUT2D eigenvalue weighted by Crippen LogP contribution is 2.20. The van der Waals surface area contributed by atoms with Gasteiger partial charge in [0.1, 0.15) is 0 Å². The van der Waals surface area contributed by atoms with Crippen LogP contribution in [0.3, 0.4) is 0 Å². The van der Waals surface area contributed by atoms with Crippen LogP contribution in [0.2, 0.25) is 0 Å². The molecule has 0 radical (unpaired) electrons. The second-order valence-corrected chi connectivity index (χ2v) is 6.35. The van der Waals surface area contributed by atoms with Crippen LogP contribution in [-0.2, 0) is 0 Å². The maximum atomic E-state index is 2.26. The molecule has 0 saturated heterocycles. The van der Waals surface area contributed by atoms with E-state index in [0.717, 1.165) is 6.42 Å². The van der Waals surface area contributed by atoms with E-state index in [4.69, 9.17) is 0 Å². The lowest BCUT2D eigenvalue weighted by Gasteiger charge is -2.22. The summed E-state index contributed by atoms with van der Waals surface area (Å²) in [6.07, 6.45) is 1.16. The van der Waals surface area contributed by atoms with E-state index in [9.17, 15) is 0 Å². The quantitative estimate of drug-likeness (QED) is 0.741. The molecule has 0 aromatic heterocycles. The minimum atomic E-state index is 0. The van der Waals surface area contributed by atoms with Crippen molar-refractivity contribution in [1.82, 2.24) is 9.80 Å². The van der Waals surface area contributed by atoms with Crippen LogP contribution < -0.4 is 0 Å². The molecule has 0 N–H and O–H groups in total. The smallest absolute Gasteiger partial charge is 0.0339 e. The summed E-state index contributed by atoms with van der Waals surface area (Å²) in [7, 11) is 8.44. The van der Waals surface area contributed by atoms with Gasteiger partial charge in [-0.1, -0.05) is 67.6 Å². The Labute approximate surface area is 155 Å². The molecule has 0 spiro atoms. The van der Waals surface area contributed by atoms with Crippen LogP contribution in [-0.4, -0.2) is 38.0 Å². The Bertz CT molecular complexity index is 526. The molecule has 0 aliphatic heterocycles. The molecular weight excluding hydrogens is 312 g/mol. The molecule has 3 heteroatoms. The number of benzene rings is 2. The van der Waals surface area contributed by atoms with Crippen LogP contribution in [0.25, 0.3) is 0 Å². The second kappa shape index (κ2) is 12.1. The third-order valence-electron chi connectivity index (χ3n) is 4.25. The van der Waals surface area contributed by atoms with Gasteiger partial charge < -0.3 is 9.80 Å². The zero-order chi connectivity index (χ0) is 17.2. The Kier molecular flexibility index (Phi) is 11.5. The van der Waals surface area contributed by atoms with Crippen molar-refractivity contribution in [2.24, 2.45) is 0 Å². The number of nitrogens with zero attached hydrogens (tertiary/aromatic N) is 2. The third kappa shape index (κ3) is 7.52. The Balaban J connectivity index is 0.000000425. The highest BCUT2D eigenvalue weighted by molar-refractivity contribution is 7.59. The van der Waals surface area contributed by atoms with Gasteiger partial charge in [-0.25, -0.2) is 0 Å². The van der Waals surface area contributed by atoms with E-state index >= 15 is 0 Å². The summed E-state index contributed by atoms with van der Waals surface area (Å²) >= 11 is 0. The first-order valence-electron chi connectivity index (χ1n) is 8.40. The van der Waals surface area contributed by atoms with Crippen molar-refractivity contribution < 1.29 is 0 Å². The largest absolute Gasteiger partial charge is 0.303 e. The van der Waals surface area contributed by atoms with E-state index in [1.807, 2.05) is 6.07 Å². The Morgan fingerprint density at radius 1 is 0.708 bits per heavy atom. The van der Waals surface area contributed by atoms with Gasteiger partial charge in [-0.15, -0.1) is 0 Å². The zero-order valence-corrected chi connectivity index (χ0v) is 17.0. The Morgan fingerprint density at radius 3 is 1.46 bits per heavy atom. The molecule has 0 aliphatic rings. The summed E-state index contributed by atoms with van der Waals surface area (Å²) in [6, 6.07) is 22.2. The van der Waals surface area contributed by atoms with E-state index in [1.54, 1.807) is 0 Å². The molecule has 2 rings (SSSR count). The average molecular weight is 347 g/mol. The molecule has 0 unspecified atom stereocenters. The second-order valence-electron chi connectivity index (χ2n) is 6.35. The van der Waals surface area contributed by atoms with E-state index < -0.39 is 0 Å². The monoisotopic (exact) mass is 346 g/mol. The molecule has 24 heavy (non-hydrogen) atoms. The Morgan fingerprint density at radius 2 is 1.12 bits per heavy atom. The predicted octanol–water partition coefficient (Wildman–Crippen LogP) is 5.12. The van der Waals surface area contributed by atoms with Gasteiger partial charge in [0.15, 0.2) is 0 Å². The highest BCUT2D eigenvalue weighted by Gasteiger charge is 2.09. The fraction of sp³-hybridized carbons (Fsp3) is 0.429. The molecular formula is C21H34N2S. The van der Waals surface area contributed by atoms with Crippen molar-refractivity contribution >= 4 is 13.5 Å². The summed E-state index contributed by atoms with van der Waals surface area (Å²) in [5, 5.41) is 0. The minimum Gasteiger partial charge on any atom is -0.303 e. The zero-order valence-electron chi connectivity index (χ0n) is 16.0. The number of hydrogen-bond donors (Lipinski definition) is 0. The first kappa shape index (κ1) is 22.7. The van der Waals surface area contributed by atoms with Gasteiger partial charge in [0, 0.05) is 12.1 Å². The van der Waals surface area contributed by atoms with Crippen molar-refractivity contribution in [2.45, 2.75) is 32.4 Å². The molecule has 0 fully saturated rings. The van der Waals surface area contributed by atoms with E-state index in [2.05, 4.69) is 106 Å². The standard InChI is InChI=1S/C11H17N.C10H15N.H2S/c1-4-11(12(2)3)10-8-6-5-7-9-10;1-9(11(2)3)10-7-5-4-6-8-10;/h5-9,11H,4H2,1-3H3;4-9H,1-3H3;1H2/t11-;9-;/m00./s1. The molecule has 2 atom stereocenters. The molecule has 2 aromatic rings. The van der Waals surface area contributed by atoms with Gasteiger partial charge in [0.25, 0.3) is 0 Å². The summed E-state index contributed by atoms with van der Waals surface area (Å²) in [5.74, 6) is 0. The van der Waals surface area contributed by atoms with E-state index in [1.165, 1.54) is 11.1 Å². The Hall–Kier alpha value is -1.29. The van der Waals surface area contributed by atoms with Crippen LogP contribution in [0.1, 0.15) is 43.5 Å². The molecule has 0 amide bonds. The minimum absolute atomic E-state index is 0. The normalized spacial score (nSPS) is 12.8. The van der Waals surface area contributed by atoms with Crippen LogP contribution >= 0.6 is 13.5 Å². The summed E-state index contributed by atoms with van der Waals surface area (Å²) in [5.41, 5.74) is 2.78. The summed E-state index contributed by atoms with van der Waals surface area (Å²) in [6.45, 7) is 4.42. The third-order valence-corrected chi connectivity index (χ3v) is 4.25. The first-order valence-corrected chi connectivity index (χ1v) is 8.40. The van der Waals surface area contributed by atoms with Crippen molar-refractivity contribution in [3.63, 3.8) is 0 Å². The van der Waals surface area contributed by atoms with Crippen LogP contribution in [0.4, 0.5) is 0 Å². The topological polar surface area (TPSA) is 6.48 Å². The lowest BCUT2D eigenvalue weighted by molar-refractivity contribution is 0.292. The first-order chi connectivity index (χ1) is 11.0. The highest BCUT2D eigenvalue weighted by atomic mass is 32.1. The lowest BCUT2D eigenvalue weighted by atomic mass is 10.0. The molecule has 0 saturated carbocycles. The molecule has 134 valence electrons. The van der Waals surface area contributed by atoms with Crippen LogP contribution in [0.5, 0.6) is 0 Å². The molecule has 2 nitrogen and oxygen atoms in total. The van der Waals surface area contributed by atoms with Gasteiger partial charge >= 0.3 is 0 Å². The lowest BCUT2D eigenvalue weighted by Crippen LogP contribution is -2.18. The molecule has 0 bridgehead atoms. The maximum absolute atomic E-state index is 2.26. The van der Waals surface area contributed by atoms with Crippen LogP contribution in [0.15, 0.2) is 60.7 Å². The van der Waals surface area contributed by atoms with Crippen molar-refractivity contribution in [3.05, 3.63) is 71.8 Å². The fourth-order valence-electron chi connectivity index (χ4n) is 2.60. The van der Waals surface area contributed by atoms with Gasteiger partial charge in [0.05, 0.1) is 0 Å². The predicted molar refractivity (Wildman–Crippen MR) is 112 cm³/mol. The molecule has 2 aromatic carbocycles. The van der Waals surface area contributed by atoms with Crippen molar-refractivity contribution in [2.75, 3.05) is 28.2 Å². The van der Waals surface area contributed by atoms with Gasteiger partial charge in [-0.2, -0.15) is 13.5 Å². The SMILES string of the molecule is CC[C@@H](c1ccccc1)N(C)C.C[C@@H](c1ccccc1)N(C)C.S. The molecule has 0 heterocycles. The summed E-state index contributed by atoms with van der Waals surface area (Å²) in [4.78, 5) is 4.46. The number of hydrogen-bond acceptors (Lipinski definition) is 2. The van der Waals surface area contributed by atoms with E-state index in [0.29, 0.717) is 12.1 Å². The maximum Gasteiger partial charge on any atom is 0.0339 e.